The van der Waals surface area contributed by atoms with Crippen LogP contribution in [-0.2, 0) is 11.3 Å². The number of aliphatic imine (C=N–C) groups is 1. The zero-order valence-corrected chi connectivity index (χ0v) is 19.1. The van der Waals surface area contributed by atoms with Gasteiger partial charge in [-0.3, -0.25) is 0 Å². The predicted octanol–water partition coefficient (Wildman–Crippen LogP) is 4.27. The van der Waals surface area contributed by atoms with Crippen LogP contribution in [0.5, 0.6) is 5.75 Å². The molecule has 0 bridgehead atoms. The molecule has 0 aliphatic heterocycles. The van der Waals surface area contributed by atoms with Gasteiger partial charge >= 0.3 is 0 Å². The van der Waals surface area contributed by atoms with E-state index in [0.717, 1.165) is 69.3 Å². The van der Waals surface area contributed by atoms with E-state index in [1.165, 1.54) is 5.56 Å². The summed E-state index contributed by atoms with van der Waals surface area (Å²) in [7, 11) is 1.75. The highest BCUT2D eigenvalue weighted by molar-refractivity contribution is 14.0. The van der Waals surface area contributed by atoms with Crippen LogP contribution < -0.4 is 15.4 Å². The Morgan fingerprint density at radius 1 is 1.08 bits per heavy atom. The van der Waals surface area contributed by atoms with E-state index in [1.807, 2.05) is 0 Å². The number of rotatable bonds is 12. The van der Waals surface area contributed by atoms with Crippen LogP contribution in [0.3, 0.4) is 0 Å². The Balaban J connectivity index is 0.00000625. The van der Waals surface area contributed by atoms with Crippen molar-refractivity contribution in [3.63, 3.8) is 0 Å². The fraction of sp³-hybridized carbons (Fsp3) is 0.650. The Hall–Kier alpha value is -1.02. The molecule has 1 rings (SSSR count). The van der Waals surface area contributed by atoms with Crippen molar-refractivity contribution in [3.05, 3.63) is 29.3 Å². The minimum atomic E-state index is 0. The van der Waals surface area contributed by atoms with Gasteiger partial charge in [0.2, 0.25) is 0 Å². The van der Waals surface area contributed by atoms with E-state index in [4.69, 9.17) is 14.5 Å². The van der Waals surface area contributed by atoms with Gasteiger partial charge in [-0.05, 0) is 51.2 Å². The second kappa shape index (κ2) is 16.2. The van der Waals surface area contributed by atoms with E-state index >= 15 is 0 Å². The highest BCUT2D eigenvalue weighted by Gasteiger charge is 2.05. The van der Waals surface area contributed by atoms with Crippen LogP contribution >= 0.6 is 24.0 Å². The van der Waals surface area contributed by atoms with Gasteiger partial charge in [-0.1, -0.05) is 19.1 Å². The number of ether oxygens (including phenoxy) is 2. The summed E-state index contributed by atoms with van der Waals surface area (Å²) in [5, 5.41) is 6.70. The third kappa shape index (κ3) is 10.9. The fourth-order valence-corrected chi connectivity index (χ4v) is 2.40. The molecule has 0 atom stereocenters. The quantitative estimate of drug-likeness (QED) is 0.204. The van der Waals surface area contributed by atoms with Crippen LogP contribution in [0.25, 0.3) is 0 Å². The molecule has 0 spiro atoms. The first-order chi connectivity index (χ1) is 12.2. The molecule has 5 nitrogen and oxygen atoms in total. The van der Waals surface area contributed by atoms with Crippen LogP contribution in [0.2, 0.25) is 0 Å². The third-order valence-corrected chi connectivity index (χ3v) is 3.75. The summed E-state index contributed by atoms with van der Waals surface area (Å²) in [5.41, 5.74) is 2.33. The van der Waals surface area contributed by atoms with Gasteiger partial charge in [0.25, 0.3) is 0 Å². The van der Waals surface area contributed by atoms with Crippen LogP contribution in [0.1, 0.15) is 50.7 Å². The number of methoxy groups -OCH3 is 1. The van der Waals surface area contributed by atoms with Crippen molar-refractivity contribution in [2.75, 3.05) is 33.4 Å². The lowest BCUT2D eigenvalue weighted by Gasteiger charge is -2.13. The predicted molar refractivity (Wildman–Crippen MR) is 121 cm³/mol. The summed E-state index contributed by atoms with van der Waals surface area (Å²) in [5.74, 6) is 1.80. The molecule has 0 saturated heterocycles. The number of nitrogens with one attached hydrogen (secondary N) is 2. The molecule has 0 aliphatic rings. The van der Waals surface area contributed by atoms with Crippen molar-refractivity contribution in [3.8, 4) is 5.75 Å². The SMILES string of the molecule is CCCOc1cc(C)ccc1CN=C(NCC)NCCCCCOC.I. The number of guanidine groups is 1. The van der Waals surface area contributed by atoms with Gasteiger partial charge in [0.15, 0.2) is 5.96 Å². The van der Waals surface area contributed by atoms with Crippen LogP contribution in [0, 0.1) is 6.92 Å². The number of unbranched alkanes of at least 4 members (excludes halogenated alkanes) is 2. The average molecular weight is 477 g/mol. The maximum atomic E-state index is 5.87. The smallest absolute Gasteiger partial charge is 0.191 e. The fourth-order valence-electron chi connectivity index (χ4n) is 2.40. The monoisotopic (exact) mass is 477 g/mol. The first-order valence-corrected chi connectivity index (χ1v) is 9.44. The molecule has 0 heterocycles. The van der Waals surface area contributed by atoms with Gasteiger partial charge in [-0.2, -0.15) is 0 Å². The van der Waals surface area contributed by atoms with Crippen molar-refractivity contribution in [2.24, 2.45) is 4.99 Å². The summed E-state index contributed by atoms with van der Waals surface area (Å²) < 4.78 is 10.9. The first-order valence-electron chi connectivity index (χ1n) is 9.44. The maximum Gasteiger partial charge on any atom is 0.191 e. The Kier molecular flexibility index (Phi) is 15.5. The van der Waals surface area contributed by atoms with Gasteiger partial charge in [-0.25, -0.2) is 4.99 Å². The summed E-state index contributed by atoms with van der Waals surface area (Å²) in [6.07, 6.45) is 4.38. The molecule has 6 heteroatoms. The van der Waals surface area contributed by atoms with Crippen molar-refractivity contribution in [1.29, 1.82) is 0 Å². The molecule has 0 saturated carbocycles. The standard InChI is InChI=1S/C20H35N3O2.HI/c1-5-13-25-19-15-17(3)10-11-18(19)16-23-20(21-6-2)22-12-8-7-9-14-24-4;/h10-11,15H,5-9,12-14,16H2,1-4H3,(H2,21,22,23);1H. The number of hydrogen-bond acceptors (Lipinski definition) is 3. The van der Waals surface area contributed by atoms with Crippen molar-refractivity contribution >= 4 is 29.9 Å². The molecule has 2 N–H and O–H groups in total. The second-order valence-corrected chi connectivity index (χ2v) is 6.14. The minimum Gasteiger partial charge on any atom is -0.493 e. The van der Waals surface area contributed by atoms with Crippen LogP contribution in [-0.4, -0.2) is 39.4 Å². The molecule has 0 amide bonds. The van der Waals surface area contributed by atoms with Crippen LogP contribution in [0.15, 0.2) is 23.2 Å². The average Bonchev–Trinajstić information content (AvgIpc) is 2.61. The zero-order valence-electron chi connectivity index (χ0n) is 16.8. The summed E-state index contributed by atoms with van der Waals surface area (Å²) in [6, 6.07) is 6.31. The largest absolute Gasteiger partial charge is 0.493 e. The van der Waals surface area contributed by atoms with Gasteiger partial charge in [0, 0.05) is 32.4 Å². The molecular weight excluding hydrogens is 441 g/mol. The minimum absolute atomic E-state index is 0. The van der Waals surface area contributed by atoms with E-state index in [9.17, 15) is 0 Å². The first kappa shape index (κ1) is 25.0. The van der Waals surface area contributed by atoms with Gasteiger partial charge < -0.3 is 20.1 Å². The summed E-state index contributed by atoms with van der Waals surface area (Å²) in [6.45, 7) is 10.2. The molecule has 150 valence electrons. The lowest BCUT2D eigenvalue weighted by atomic mass is 10.1. The third-order valence-electron chi connectivity index (χ3n) is 3.75. The van der Waals surface area contributed by atoms with E-state index in [0.29, 0.717) is 6.54 Å². The molecular formula is C20H36IN3O2. The topological polar surface area (TPSA) is 54.9 Å². The molecule has 1 aromatic carbocycles. The Labute approximate surface area is 176 Å². The van der Waals surface area contributed by atoms with Gasteiger partial charge in [0.1, 0.15) is 5.75 Å². The maximum absolute atomic E-state index is 5.87. The lowest BCUT2D eigenvalue weighted by Crippen LogP contribution is -2.37. The number of halogens is 1. The van der Waals surface area contributed by atoms with Gasteiger partial charge in [0.05, 0.1) is 13.2 Å². The highest BCUT2D eigenvalue weighted by Crippen LogP contribution is 2.21. The van der Waals surface area contributed by atoms with E-state index < -0.39 is 0 Å². The van der Waals surface area contributed by atoms with Crippen molar-refractivity contribution < 1.29 is 9.47 Å². The summed E-state index contributed by atoms with van der Waals surface area (Å²) in [4.78, 5) is 4.71. The molecule has 0 fully saturated rings. The van der Waals surface area contributed by atoms with Gasteiger partial charge in [-0.15, -0.1) is 24.0 Å². The molecule has 0 radical (unpaired) electrons. The molecule has 0 aromatic heterocycles. The number of nitrogens with zero attached hydrogens (tertiary/aromatic N) is 1. The zero-order chi connectivity index (χ0) is 18.3. The highest BCUT2D eigenvalue weighted by atomic mass is 127. The Bertz CT molecular complexity index is 510. The number of hydrogen-bond donors (Lipinski definition) is 2. The second-order valence-electron chi connectivity index (χ2n) is 6.14. The summed E-state index contributed by atoms with van der Waals surface area (Å²) >= 11 is 0. The molecule has 1 aromatic rings. The molecule has 26 heavy (non-hydrogen) atoms. The molecule has 0 unspecified atom stereocenters. The molecule has 0 aliphatic carbocycles. The van der Waals surface area contributed by atoms with E-state index in [2.05, 4.69) is 49.6 Å². The Morgan fingerprint density at radius 2 is 1.88 bits per heavy atom. The lowest BCUT2D eigenvalue weighted by molar-refractivity contribution is 0.192. The normalized spacial score (nSPS) is 11.0. The van der Waals surface area contributed by atoms with E-state index in [1.54, 1.807) is 7.11 Å². The number of benzene rings is 1. The number of aryl methyl sites for hydroxylation is 1. The Morgan fingerprint density at radius 3 is 2.58 bits per heavy atom. The van der Waals surface area contributed by atoms with Crippen molar-refractivity contribution in [1.82, 2.24) is 10.6 Å². The van der Waals surface area contributed by atoms with Crippen LogP contribution in [0.4, 0.5) is 0 Å². The van der Waals surface area contributed by atoms with E-state index in [-0.39, 0.29) is 24.0 Å². The van der Waals surface area contributed by atoms with Crippen molar-refractivity contribution in [2.45, 2.75) is 53.0 Å².